The van der Waals surface area contributed by atoms with E-state index in [1.807, 2.05) is 9.47 Å². The molecule has 0 saturated carbocycles. The van der Waals surface area contributed by atoms with Crippen molar-refractivity contribution in [3.8, 4) is 11.3 Å². The predicted octanol–water partition coefficient (Wildman–Crippen LogP) is -0.415. The van der Waals surface area contributed by atoms with Crippen LogP contribution in [0.3, 0.4) is 0 Å². The van der Waals surface area contributed by atoms with Crippen LogP contribution in [0.2, 0.25) is 0 Å². The number of hydrogen-bond donors (Lipinski definition) is 2. The first-order valence-electron chi connectivity index (χ1n) is 7.68. The number of methoxy groups -OCH3 is 1. The molecule has 1 amide bonds. The average molecular weight is 333 g/mol. The molecule has 0 spiro atoms. The number of carbonyl (C=O) groups excluding carboxylic acids is 2. The predicted molar refractivity (Wildman–Crippen MR) is 84.7 cm³/mol. The molecule has 9 heteroatoms. The Bertz CT molecular complexity index is 788. The minimum atomic E-state index is -0.535. The van der Waals surface area contributed by atoms with E-state index < -0.39 is 5.97 Å². The number of ether oxygens (including phenoxy) is 1. The van der Waals surface area contributed by atoms with Gasteiger partial charge >= 0.3 is 5.97 Å². The molecule has 3 aliphatic rings. The fourth-order valence-corrected chi connectivity index (χ4v) is 3.12. The Morgan fingerprint density at radius 2 is 2.08 bits per heavy atom. The summed E-state index contributed by atoms with van der Waals surface area (Å²) < 4.78 is 6.66. The lowest BCUT2D eigenvalue weighted by Gasteiger charge is -2.32. The molecule has 24 heavy (non-hydrogen) atoms. The van der Waals surface area contributed by atoms with E-state index in [0.29, 0.717) is 11.3 Å². The molecule has 128 valence electrons. The maximum absolute atomic E-state index is 12.0. The minimum Gasteiger partial charge on any atom is -0.465 e. The lowest BCUT2D eigenvalue weighted by molar-refractivity contribution is -0.119. The molecule has 1 fully saturated rings. The maximum Gasteiger partial charge on any atom is 0.341 e. The fraction of sp³-hybridized carbons (Fsp3) is 0.467. The number of rotatable bonds is 4. The summed E-state index contributed by atoms with van der Waals surface area (Å²) in [6.45, 7) is 1.69. The molecule has 0 atom stereocenters. The Labute approximate surface area is 137 Å². The van der Waals surface area contributed by atoms with Gasteiger partial charge in [0.25, 0.3) is 5.56 Å². The first-order chi connectivity index (χ1) is 11.5. The van der Waals surface area contributed by atoms with Crippen molar-refractivity contribution in [2.45, 2.75) is 18.9 Å². The summed E-state index contributed by atoms with van der Waals surface area (Å²) >= 11 is 0. The first-order valence-corrected chi connectivity index (χ1v) is 7.68. The topological polar surface area (TPSA) is 123 Å². The highest BCUT2D eigenvalue weighted by Gasteiger charge is 2.26. The van der Waals surface area contributed by atoms with Gasteiger partial charge in [0.2, 0.25) is 5.91 Å². The summed E-state index contributed by atoms with van der Waals surface area (Å²) in [4.78, 5) is 36.9. The molecule has 0 aromatic heterocycles. The lowest BCUT2D eigenvalue weighted by atomic mass is 10.0. The van der Waals surface area contributed by atoms with Gasteiger partial charge < -0.3 is 15.0 Å². The Hall–Kier alpha value is -2.68. The van der Waals surface area contributed by atoms with Gasteiger partial charge in [-0.1, -0.05) is 0 Å². The van der Waals surface area contributed by atoms with Crippen molar-refractivity contribution < 1.29 is 14.3 Å². The van der Waals surface area contributed by atoms with Crippen molar-refractivity contribution in [1.29, 1.82) is 0 Å². The summed E-state index contributed by atoms with van der Waals surface area (Å²) in [7, 11) is 1.29. The van der Waals surface area contributed by atoms with Crippen LogP contribution in [0.25, 0.3) is 11.3 Å². The number of aromatic amines is 1. The number of carbonyl (C=O) groups is 2. The van der Waals surface area contributed by atoms with Gasteiger partial charge in [0.1, 0.15) is 11.3 Å². The number of H-pyrrole nitrogens is 1. The molecule has 9 nitrogen and oxygen atoms in total. The van der Waals surface area contributed by atoms with Gasteiger partial charge in [0.15, 0.2) is 0 Å². The second-order valence-electron chi connectivity index (χ2n) is 5.90. The SMILES string of the molecule is COC(=O)c1cn(C2CCN(CC(N)=O)CC2)cc2c(=O)[nH]nc1-2. The Kier molecular flexibility index (Phi) is 4.34. The number of fused-ring (bicyclic) bond motifs is 1. The van der Waals surface area contributed by atoms with E-state index in [1.54, 1.807) is 12.4 Å². The number of primary amides is 1. The normalized spacial score (nSPS) is 16.4. The van der Waals surface area contributed by atoms with Crippen LogP contribution in [0.1, 0.15) is 29.2 Å². The number of amides is 1. The summed E-state index contributed by atoms with van der Waals surface area (Å²) in [5, 5.41) is 6.28. The van der Waals surface area contributed by atoms with Crippen molar-refractivity contribution in [3.05, 3.63) is 28.3 Å². The van der Waals surface area contributed by atoms with Crippen molar-refractivity contribution in [2.75, 3.05) is 26.7 Å². The van der Waals surface area contributed by atoms with Crippen LogP contribution < -0.4 is 11.3 Å². The third-order valence-corrected chi connectivity index (χ3v) is 4.34. The summed E-state index contributed by atoms with van der Waals surface area (Å²) in [5.41, 5.74) is 5.82. The molecular weight excluding hydrogens is 314 g/mol. The minimum absolute atomic E-state index is 0.122. The molecule has 0 bridgehead atoms. The molecule has 3 heterocycles. The van der Waals surface area contributed by atoms with E-state index in [9.17, 15) is 14.4 Å². The van der Waals surface area contributed by atoms with Crippen LogP contribution in [-0.4, -0.2) is 58.3 Å². The van der Waals surface area contributed by atoms with E-state index in [4.69, 9.17) is 10.5 Å². The van der Waals surface area contributed by atoms with Crippen LogP contribution in [0.15, 0.2) is 17.2 Å². The lowest BCUT2D eigenvalue weighted by Crippen LogP contribution is -2.40. The summed E-state index contributed by atoms with van der Waals surface area (Å²) in [5.74, 6) is -0.878. The standard InChI is InChI=1S/C15H19N5O4/c1-24-15(23)11-7-20(6-10-13(11)17-18-14(10)22)9-2-4-19(5-3-9)8-12(16)21/h6-7,9H,2-5,8H2,1H3,(H2,16,21)(H,18,22). The molecule has 0 aromatic rings. The van der Waals surface area contributed by atoms with Crippen LogP contribution in [-0.2, 0) is 9.53 Å². The van der Waals surface area contributed by atoms with E-state index in [0.717, 1.165) is 25.9 Å². The largest absolute Gasteiger partial charge is 0.465 e. The quantitative estimate of drug-likeness (QED) is 0.733. The Morgan fingerprint density at radius 3 is 2.71 bits per heavy atom. The highest BCUT2D eigenvalue weighted by molar-refractivity contribution is 5.95. The van der Waals surface area contributed by atoms with Crippen LogP contribution in [0.4, 0.5) is 0 Å². The molecule has 0 aliphatic carbocycles. The van der Waals surface area contributed by atoms with Crippen LogP contribution in [0, 0.1) is 0 Å². The Balaban J connectivity index is 1.89. The van der Waals surface area contributed by atoms with Crippen molar-refractivity contribution in [1.82, 2.24) is 19.7 Å². The molecular formula is C15H19N5O4. The third-order valence-electron chi connectivity index (χ3n) is 4.34. The number of hydrogen-bond acceptors (Lipinski definition) is 6. The van der Waals surface area contributed by atoms with Crippen molar-refractivity contribution in [3.63, 3.8) is 0 Å². The average Bonchev–Trinajstić information content (AvgIpc) is 2.95. The third kappa shape index (κ3) is 3.02. The highest BCUT2D eigenvalue weighted by atomic mass is 16.5. The zero-order valence-electron chi connectivity index (χ0n) is 13.3. The van der Waals surface area contributed by atoms with Gasteiger partial charge in [-0.05, 0) is 12.8 Å². The zero-order valence-corrected chi connectivity index (χ0v) is 13.3. The van der Waals surface area contributed by atoms with E-state index >= 15 is 0 Å². The molecule has 0 unspecified atom stereocenters. The number of nitrogens with one attached hydrogen (secondary N) is 1. The number of esters is 1. The van der Waals surface area contributed by atoms with Crippen molar-refractivity contribution >= 4 is 11.9 Å². The van der Waals surface area contributed by atoms with Gasteiger partial charge in [-0.2, -0.15) is 5.10 Å². The molecule has 0 radical (unpaired) electrons. The molecule has 3 rings (SSSR count). The Morgan fingerprint density at radius 1 is 1.38 bits per heavy atom. The summed E-state index contributed by atoms with van der Waals surface area (Å²) in [6, 6.07) is 0.122. The molecule has 3 N–H and O–H groups in total. The second kappa shape index (κ2) is 6.44. The highest BCUT2D eigenvalue weighted by Crippen LogP contribution is 2.27. The van der Waals surface area contributed by atoms with Gasteiger partial charge in [-0.15, -0.1) is 0 Å². The van der Waals surface area contributed by atoms with Gasteiger partial charge in [0.05, 0.1) is 19.2 Å². The molecule has 0 aromatic carbocycles. The van der Waals surface area contributed by atoms with E-state index in [-0.39, 0.29) is 29.6 Å². The van der Waals surface area contributed by atoms with Crippen molar-refractivity contribution in [2.24, 2.45) is 5.73 Å². The number of nitrogens with two attached hydrogens (primary N) is 1. The van der Waals surface area contributed by atoms with E-state index in [1.165, 1.54) is 7.11 Å². The molecule has 3 aliphatic heterocycles. The number of likely N-dealkylation sites (tertiary alicyclic amines) is 1. The molecule has 1 saturated heterocycles. The van der Waals surface area contributed by atoms with Crippen LogP contribution in [0.5, 0.6) is 0 Å². The maximum atomic E-state index is 12.0. The second-order valence-corrected chi connectivity index (χ2v) is 5.90. The number of nitrogens with zero attached hydrogens (tertiary/aromatic N) is 3. The van der Waals surface area contributed by atoms with Gasteiger partial charge in [0, 0.05) is 31.5 Å². The fourth-order valence-electron chi connectivity index (χ4n) is 3.12. The van der Waals surface area contributed by atoms with Gasteiger partial charge in [-0.25, -0.2) is 9.89 Å². The summed E-state index contributed by atoms with van der Waals surface area (Å²) in [6.07, 6.45) is 4.96. The zero-order chi connectivity index (χ0) is 17.3. The smallest absolute Gasteiger partial charge is 0.341 e. The monoisotopic (exact) mass is 333 g/mol. The number of pyridine rings is 1. The number of piperidine rings is 1. The van der Waals surface area contributed by atoms with E-state index in [2.05, 4.69) is 10.2 Å². The number of aromatic nitrogens is 3. The van der Waals surface area contributed by atoms with Gasteiger partial charge in [-0.3, -0.25) is 14.5 Å². The van der Waals surface area contributed by atoms with Crippen LogP contribution >= 0.6 is 0 Å². The first kappa shape index (κ1) is 16.2.